The van der Waals surface area contributed by atoms with Gasteiger partial charge in [0.2, 0.25) is 0 Å². The van der Waals surface area contributed by atoms with Crippen molar-refractivity contribution in [3.05, 3.63) is 32.6 Å². The Labute approximate surface area is 120 Å². The van der Waals surface area contributed by atoms with Crippen molar-refractivity contribution >= 4 is 0 Å². The predicted octanol–water partition coefficient (Wildman–Crippen LogP) is -0.0961. The Balaban J connectivity index is 2.71. The lowest BCUT2D eigenvalue weighted by molar-refractivity contribution is 0.270. The SMILES string of the molecule is CCN(CC)CC(C)NCc1cn(C)c(=O)n(C)c1=O. The molecule has 0 aromatic carbocycles. The molecule has 1 N–H and O–H groups in total. The molecule has 0 amide bonds. The largest absolute Gasteiger partial charge is 0.330 e. The summed E-state index contributed by atoms with van der Waals surface area (Å²) < 4.78 is 2.58. The highest BCUT2D eigenvalue weighted by molar-refractivity contribution is 5.05. The van der Waals surface area contributed by atoms with Gasteiger partial charge in [0.15, 0.2) is 0 Å². The van der Waals surface area contributed by atoms with E-state index in [1.54, 1.807) is 13.2 Å². The van der Waals surface area contributed by atoms with E-state index in [0.717, 1.165) is 24.2 Å². The summed E-state index contributed by atoms with van der Waals surface area (Å²) in [5.74, 6) is 0. The van der Waals surface area contributed by atoms with Crippen LogP contribution in [0.1, 0.15) is 26.3 Å². The minimum atomic E-state index is -0.296. The van der Waals surface area contributed by atoms with Crippen LogP contribution in [0.15, 0.2) is 15.8 Å². The Morgan fingerprint density at radius 3 is 2.40 bits per heavy atom. The Morgan fingerprint density at radius 1 is 1.25 bits per heavy atom. The van der Waals surface area contributed by atoms with Gasteiger partial charge in [0.25, 0.3) is 5.56 Å². The van der Waals surface area contributed by atoms with E-state index >= 15 is 0 Å². The van der Waals surface area contributed by atoms with Gasteiger partial charge < -0.3 is 14.8 Å². The van der Waals surface area contributed by atoms with E-state index in [1.165, 1.54) is 11.6 Å². The third kappa shape index (κ3) is 4.05. The highest BCUT2D eigenvalue weighted by Crippen LogP contribution is 1.94. The molecular formula is C14H26N4O2. The maximum absolute atomic E-state index is 12.0. The van der Waals surface area contributed by atoms with E-state index in [-0.39, 0.29) is 17.3 Å². The fraction of sp³-hybridized carbons (Fsp3) is 0.714. The summed E-state index contributed by atoms with van der Waals surface area (Å²) in [5, 5.41) is 3.34. The first-order valence-electron chi connectivity index (χ1n) is 7.11. The van der Waals surface area contributed by atoms with Gasteiger partial charge in [0.05, 0.1) is 0 Å². The van der Waals surface area contributed by atoms with Gasteiger partial charge in [-0.2, -0.15) is 0 Å². The lowest BCUT2D eigenvalue weighted by Crippen LogP contribution is -2.42. The Kier molecular flexibility index (Phi) is 6.16. The maximum Gasteiger partial charge on any atom is 0.330 e. The van der Waals surface area contributed by atoms with Crippen molar-refractivity contribution in [2.75, 3.05) is 19.6 Å². The molecule has 0 saturated heterocycles. The van der Waals surface area contributed by atoms with E-state index in [2.05, 4.69) is 31.0 Å². The molecule has 0 aliphatic rings. The summed E-state index contributed by atoms with van der Waals surface area (Å²) >= 11 is 0. The molecule has 1 heterocycles. The third-order valence-electron chi connectivity index (χ3n) is 3.58. The topological polar surface area (TPSA) is 59.3 Å². The second-order valence-corrected chi connectivity index (χ2v) is 5.18. The van der Waals surface area contributed by atoms with Crippen molar-refractivity contribution in [1.82, 2.24) is 19.4 Å². The first-order valence-corrected chi connectivity index (χ1v) is 7.11. The van der Waals surface area contributed by atoms with Crippen molar-refractivity contribution in [3.8, 4) is 0 Å². The van der Waals surface area contributed by atoms with Crippen LogP contribution in [-0.2, 0) is 20.6 Å². The average molecular weight is 282 g/mol. The van der Waals surface area contributed by atoms with Crippen LogP contribution in [0.2, 0.25) is 0 Å². The zero-order chi connectivity index (χ0) is 15.3. The van der Waals surface area contributed by atoms with Gasteiger partial charge in [-0.3, -0.25) is 9.36 Å². The summed E-state index contributed by atoms with van der Waals surface area (Å²) in [6.45, 7) is 9.83. The summed E-state index contributed by atoms with van der Waals surface area (Å²) in [7, 11) is 3.16. The van der Waals surface area contributed by atoms with Crippen molar-refractivity contribution in [3.63, 3.8) is 0 Å². The number of nitrogens with zero attached hydrogens (tertiary/aromatic N) is 3. The fourth-order valence-electron chi connectivity index (χ4n) is 2.22. The molecule has 0 bridgehead atoms. The molecule has 0 spiro atoms. The van der Waals surface area contributed by atoms with Crippen LogP contribution in [0.25, 0.3) is 0 Å². The average Bonchev–Trinajstić information content (AvgIpc) is 2.44. The normalized spacial score (nSPS) is 12.9. The van der Waals surface area contributed by atoms with Crippen molar-refractivity contribution in [2.45, 2.75) is 33.4 Å². The van der Waals surface area contributed by atoms with Gasteiger partial charge in [-0.05, 0) is 20.0 Å². The summed E-state index contributed by atoms with van der Waals surface area (Å²) in [6.07, 6.45) is 1.61. The second kappa shape index (κ2) is 7.40. The Morgan fingerprint density at radius 2 is 1.85 bits per heavy atom. The fourth-order valence-corrected chi connectivity index (χ4v) is 2.22. The molecule has 0 aliphatic heterocycles. The number of hydrogen-bond acceptors (Lipinski definition) is 4. The van der Waals surface area contributed by atoms with Crippen LogP contribution < -0.4 is 16.6 Å². The standard InChI is InChI=1S/C14H26N4O2/c1-6-18(7-2)9-11(3)15-8-12-10-16(4)14(20)17(5)13(12)19/h10-11,15H,6-9H2,1-5H3. The van der Waals surface area contributed by atoms with E-state index in [9.17, 15) is 9.59 Å². The molecule has 1 rings (SSSR count). The minimum absolute atomic E-state index is 0.226. The van der Waals surface area contributed by atoms with Crippen LogP contribution in [0.4, 0.5) is 0 Å². The minimum Gasteiger partial charge on any atom is -0.309 e. The number of aryl methyl sites for hydroxylation is 1. The summed E-state index contributed by atoms with van der Waals surface area (Å²) in [4.78, 5) is 25.9. The van der Waals surface area contributed by atoms with Gasteiger partial charge in [-0.1, -0.05) is 13.8 Å². The monoisotopic (exact) mass is 282 g/mol. The van der Waals surface area contributed by atoms with Gasteiger partial charge in [-0.25, -0.2) is 4.79 Å². The summed E-state index contributed by atoms with van der Waals surface area (Å²) in [6, 6.07) is 0.289. The zero-order valence-electron chi connectivity index (χ0n) is 13.1. The molecule has 1 unspecified atom stereocenters. The molecule has 6 nitrogen and oxygen atoms in total. The van der Waals surface area contributed by atoms with Gasteiger partial charge >= 0.3 is 5.69 Å². The molecule has 0 radical (unpaired) electrons. The van der Waals surface area contributed by atoms with Gasteiger partial charge in [0.1, 0.15) is 0 Å². The zero-order valence-corrected chi connectivity index (χ0v) is 13.1. The molecule has 1 atom stereocenters. The summed E-state index contributed by atoms with van der Waals surface area (Å²) in [5.41, 5.74) is 0.0894. The lowest BCUT2D eigenvalue weighted by atomic mass is 10.2. The quantitative estimate of drug-likeness (QED) is 0.759. The number of nitrogens with one attached hydrogen (secondary N) is 1. The molecule has 20 heavy (non-hydrogen) atoms. The Bertz CT molecular complexity index is 543. The first kappa shape index (κ1) is 16.7. The molecular weight excluding hydrogens is 256 g/mol. The van der Waals surface area contributed by atoms with E-state index in [1.807, 2.05) is 0 Å². The highest BCUT2D eigenvalue weighted by Gasteiger charge is 2.10. The number of aromatic nitrogens is 2. The van der Waals surface area contributed by atoms with E-state index in [4.69, 9.17) is 0 Å². The highest BCUT2D eigenvalue weighted by atomic mass is 16.2. The molecule has 0 aliphatic carbocycles. The van der Waals surface area contributed by atoms with Crippen molar-refractivity contribution in [1.29, 1.82) is 0 Å². The maximum atomic E-state index is 12.0. The van der Waals surface area contributed by atoms with E-state index < -0.39 is 0 Å². The van der Waals surface area contributed by atoms with Crippen LogP contribution in [-0.4, -0.2) is 39.7 Å². The molecule has 114 valence electrons. The van der Waals surface area contributed by atoms with Crippen molar-refractivity contribution < 1.29 is 0 Å². The number of likely N-dealkylation sites (N-methyl/N-ethyl adjacent to an activating group) is 1. The Hall–Kier alpha value is -1.40. The molecule has 1 aromatic heterocycles. The third-order valence-corrected chi connectivity index (χ3v) is 3.58. The number of hydrogen-bond donors (Lipinski definition) is 1. The number of rotatable bonds is 7. The van der Waals surface area contributed by atoms with Crippen LogP contribution in [0, 0.1) is 0 Å². The van der Waals surface area contributed by atoms with Gasteiger partial charge in [0, 0.05) is 45.0 Å². The second-order valence-electron chi connectivity index (χ2n) is 5.18. The molecule has 0 fully saturated rings. The first-order chi connectivity index (χ1) is 9.40. The van der Waals surface area contributed by atoms with Crippen LogP contribution in [0.5, 0.6) is 0 Å². The molecule has 0 saturated carbocycles. The van der Waals surface area contributed by atoms with Gasteiger partial charge in [-0.15, -0.1) is 0 Å². The van der Waals surface area contributed by atoms with Crippen LogP contribution >= 0.6 is 0 Å². The molecule has 1 aromatic rings. The lowest BCUT2D eigenvalue weighted by Gasteiger charge is -2.23. The van der Waals surface area contributed by atoms with Crippen LogP contribution in [0.3, 0.4) is 0 Å². The van der Waals surface area contributed by atoms with E-state index in [0.29, 0.717) is 12.1 Å². The van der Waals surface area contributed by atoms with Crippen molar-refractivity contribution in [2.24, 2.45) is 14.1 Å². The smallest absolute Gasteiger partial charge is 0.309 e. The molecule has 6 heteroatoms. The predicted molar refractivity (Wildman–Crippen MR) is 81.0 cm³/mol.